The van der Waals surface area contributed by atoms with E-state index in [9.17, 15) is 8.78 Å². The molecule has 1 nitrogen and oxygen atoms in total. The number of nitrogen functional groups attached to an aromatic ring is 1. The number of benzene rings is 2. The second-order valence-corrected chi connectivity index (χ2v) is 3.62. The Balaban J connectivity index is 2.73. The van der Waals surface area contributed by atoms with Crippen molar-refractivity contribution >= 4 is 5.69 Å². The Hall–Kier alpha value is -1.90. The predicted octanol–water partition coefficient (Wildman–Crippen LogP) is 3.52. The average Bonchev–Trinajstić information content (AvgIpc) is 2.24. The molecule has 82 valence electrons. The van der Waals surface area contributed by atoms with E-state index in [1.54, 1.807) is 25.1 Å². The molecule has 0 heterocycles. The third-order valence-corrected chi connectivity index (χ3v) is 2.61. The molecule has 0 aliphatic rings. The van der Waals surface area contributed by atoms with Crippen LogP contribution in [0.5, 0.6) is 0 Å². The van der Waals surface area contributed by atoms with Gasteiger partial charge in [-0.05, 0) is 36.2 Å². The summed E-state index contributed by atoms with van der Waals surface area (Å²) < 4.78 is 27.1. The van der Waals surface area contributed by atoms with Crippen molar-refractivity contribution in [2.24, 2.45) is 0 Å². The molecular formula is C13H11F2N. The Morgan fingerprint density at radius 1 is 0.938 bits per heavy atom. The summed E-state index contributed by atoms with van der Waals surface area (Å²) in [6, 6.07) is 8.87. The highest BCUT2D eigenvalue weighted by molar-refractivity contribution is 5.73. The Bertz CT molecular complexity index is 515. The van der Waals surface area contributed by atoms with E-state index in [1.807, 2.05) is 0 Å². The van der Waals surface area contributed by atoms with Crippen molar-refractivity contribution in [2.75, 3.05) is 5.73 Å². The fourth-order valence-corrected chi connectivity index (χ4v) is 1.68. The average molecular weight is 219 g/mol. The van der Waals surface area contributed by atoms with Gasteiger partial charge in [-0.15, -0.1) is 0 Å². The van der Waals surface area contributed by atoms with Gasteiger partial charge < -0.3 is 5.73 Å². The molecule has 2 N–H and O–H groups in total. The fraction of sp³-hybridized carbons (Fsp3) is 0.0769. The molecule has 0 radical (unpaired) electrons. The topological polar surface area (TPSA) is 26.0 Å². The van der Waals surface area contributed by atoms with Gasteiger partial charge in [0.1, 0.15) is 11.6 Å². The smallest absolute Gasteiger partial charge is 0.133 e. The lowest BCUT2D eigenvalue weighted by molar-refractivity contribution is 0.589. The van der Waals surface area contributed by atoms with Gasteiger partial charge in [-0.3, -0.25) is 0 Å². The molecule has 0 fully saturated rings. The normalized spacial score (nSPS) is 10.4. The van der Waals surface area contributed by atoms with Crippen molar-refractivity contribution in [1.29, 1.82) is 0 Å². The maximum atomic E-state index is 13.6. The van der Waals surface area contributed by atoms with Gasteiger partial charge in [-0.25, -0.2) is 8.78 Å². The zero-order valence-electron chi connectivity index (χ0n) is 8.80. The van der Waals surface area contributed by atoms with E-state index in [0.717, 1.165) is 0 Å². The summed E-state index contributed by atoms with van der Waals surface area (Å²) in [4.78, 5) is 0. The molecule has 0 saturated heterocycles. The zero-order chi connectivity index (χ0) is 11.7. The zero-order valence-corrected chi connectivity index (χ0v) is 8.80. The molecule has 0 amide bonds. The first kappa shape index (κ1) is 10.6. The van der Waals surface area contributed by atoms with Crippen LogP contribution in [0, 0.1) is 18.6 Å². The minimum absolute atomic E-state index is 0.0210. The van der Waals surface area contributed by atoms with E-state index < -0.39 is 11.6 Å². The maximum absolute atomic E-state index is 13.6. The molecule has 3 heteroatoms. The summed E-state index contributed by atoms with van der Waals surface area (Å²) >= 11 is 0. The van der Waals surface area contributed by atoms with Crippen LogP contribution < -0.4 is 5.73 Å². The quantitative estimate of drug-likeness (QED) is 0.729. The Morgan fingerprint density at radius 2 is 1.50 bits per heavy atom. The van der Waals surface area contributed by atoms with E-state index in [-0.39, 0.29) is 5.56 Å². The van der Waals surface area contributed by atoms with Gasteiger partial charge in [0, 0.05) is 5.69 Å². The van der Waals surface area contributed by atoms with Gasteiger partial charge in [0.15, 0.2) is 0 Å². The molecule has 0 aromatic heterocycles. The number of hydrogen-bond donors (Lipinski definition) is 1. The third kappa shape index (κ3) is 1.65. The van der Waals surface area contributed by atoms with E-state index in [4.69, 9.17) is 5.73 Å². The summed E-state index contributed by atoms with van der Waals surface area (Å²) in [6.45, 7) is 1.75. The highest BCUT2D eigenvalue weighted by atomic mass is 19.1. The summed E-state index contributed by atoms with van der Waals surface area (Å²) in [5.41, 5.74) is 7.40. The Kier molecular flexibility index (Phi) is 2.60. The fourth-order valence-electron chi connectivity index (χ4n) is 1.68. The minimum Gasteiger partial charge on any atom is -0.398 e. The minimum atomic E-state index is -0.575. The lowest BCUT2D eigenvalue weighted by Crippen LogP contribution is -1.95. The van der Waals surface area contributed by atoms with Crippen LogP contribution >= 0.6 is 0 Å². The second-order valence-electron chi connectivity index (χ2n) is 3.62. The SMILES string of the molecule is Cc1c(N)cccc1-c1c(F)cccc1F. The Morgan fingerprint density at radius 3 is 2.12 bits per heavy atom. The van der Waals surface area contributed by atoms with Crippen molar-refractivity contribution in [2.45, 2.75) is 6.92 Å². The van der Waals surface area contributed by atoms with Gasteiger partial charge >= 0.3 is 0 Å². The molecule has 0 aliphatic heterocycles. The van der Waals surface area contributed by atoms with Crippen LogP contribution in [0.1, 0.15) is 5.56 Å². The van der Waals surface area contributed by atoms with Crippen molar-refractivity contribution in [3.05, 3.63) is 53.6 Å². The van der Waals surface area contributed by atoms with Crippen molar-refractivity contribution < 1.29 is 8.78 Å². The molecular weight excluding hydrogens is 208 g/mol. The van der Waals surface area contributed by atoms with Gasteiger partial charge in [-0.1, -0.05) is 18.2 Å². The van der Waals surface area contributed by atoms with Crippen molar-refractivity contribution in [3.63, 3.8) is 0 Å². The molecule has 0 saturated carbocycles. The summed E-state index contributed by atoms with van der Waals surface area (Å²) in [5, 5.41) is 0. The van der Waals surface area contributed by atoms with Gasteiger partial charge in [-0.2, -0.15) is 0 Å². The third-order valence-electron chi connectivity index (χ3n) is 2.61. The molecule has 0 aliphatic carbocycles. The first-order valence-corrected chi connectivity index (χ1v) is 4.90. The molecule has 2 rings (SSSR count). The van der Waals surface area contributed by atoms with Crippen LogP contribution in [-0.2, 0) is 0 Å². The van der Waals surface area contributed by atoms with Gasteiger partial charge in [0.2, 0.25) is 0 Å². The van der Waals surface area contributed by atoms with Crippen molar-refractivity contribution in [1.82, 2.24) is 0 Å². The maximum Gasteiger partial charge on any atom is 0.133 e. The molecule has 0 unspecified atom stereocenters. The summed E-state index contributed by atoms with van der Waals surface area (Å²) in [6.07, 6.45) is 0. The number of halogens is 2. The highest BCUT2D eigenvalue weighted by Gasteiger charge is 2.13. The van der Waals surface area contributed by atoms with Gasteiger partial charge in [0.25, 0.3) is 0 Å². The predicted molar refractivity (Wildman–Crippen MR) is 60.9 cm³/mol. The van der Waals surface area contributed by atoms with E-state index in [2.05, 4.69) is 0 Å². The molecule has 0 spiro atoms. The van der Waals surface area contributed by atoms with E-state index >= 15 is 0 Å². The molecule has 2 aromatic carbocycles. The van der Waals surface area contributed by atoms with Crippen LogP contribution in [0.4, 0.5) is 14.5 Å². The summed E-state index contributed by atoms with van der Waals surface area (Å²) in [5.74, 6) is -1.15. The molecule has 16 heavy (non-hydrogen) atoms. The first-order valence-electron chi connectivity index (χ1n) is 4.90. The highest BCUT2D eigenvalue weighted by Crippen LogP contribution is 2.30. The van der Waals surface area contributed by atoms with Crippen LogP contribution in [0.3, 0.4) is 0 Å². The van der Waals surface area contributed by atoms with Crippen LogP contribution in [0.15, 0.2) is 36.4 Å². The lowest BCUT2D eigenvalue weighted by atomic mass is 9.98. The number of rotatable bonds is 1. The van der Waals surface area contributed by atoms with Gasteiger partial charge in [0.05, 0.1) is 5.56 Å². The first-order chi connectivity index (χ1) is 7.61. The van der Waals surface area contributed by atoms with E-state index in [0.29, 0.717) is 16.8 Å². The molecule has 2 aromatic rings. The number of anilines is 1. The monoisotopic (exact) mass is 219 g/mol. The molecule has 0 atom stereocenters. The summed E-state index contributed by atoms with van der Waals surface area (Å²) in [7, 11) is 0. The number of nitrogens with two attached hydrogens (primary N) is 1. The lowest BCUT2D eigenvalue weighted by Gasteiger charge is -2.10. The standard InChI is InChI=1S/C13H11F2N/c1-8-9(4-2-7-12(8)16)13-10(14)5-3-6-11(13)15/h2-7H,16H2,1H3. The van der Waals surface area contributed by atoms with E-state index in [1.165, 1.54) is 18.2 Å². The largest absolute Gasteiger partial charge is 0.398 e. The van der Waals surface area contributed by atoms with Crippen LogP contribution in [-0.4, -0.2) is 0 Å². The van der Waals surface area contributed by atoms with Crippen LogP contribution in [0.2, 0.25) is 0 Å². The molecule has 0 bridgehead atoms. The second kappa shape index (κ2) is 3.93. The number of hydrogen-bond acceptors (Lipinski definition) is 1. The van der Waals surface area contributed by atoms with Crippen LogP contribution in [0.25, 0.3) is 11.1 Å². The van der Waals surface area contributed by atoms with Crippen molar-refractivity contribution in [3.8, 4) is 11.1 Å². The Labute approximate surface area is 92.5 Å².